The van der Waals surface area contributed by atoms with E-state index in [4.69, 9.17) is 0 Å². The molecule has 0 saturated carbocycles. The highest BCUT2D eigenvalue weighted by Gasteiger charge is 2.01. The lowest BCUT2D eigenvalue weighted by atomic mass is 10.0. The van der Waals surface area contributed by atoms with Crippen LogP contribution in [0.1, 0.15) is 106 Å². The minimum absolute atomic E-state index is 0.185. The molecule has 2 nitrogen and oxygen atoms in total. The van der Waals surface area contributed by atoms with Gasteiger partial charge in [0.1, 0.15) is 0 Å². The number of quaternary nitrogens is 1. The van der Waals surface area contributed by atoms with Crippen molar-refractivity contribution in [3.63, 3.8) is 0 Å². The average Bonchev–Trinajstić information content (AvgIpc) is 2.64. The molecule has 0 aromatic heterocycles. The third-order valence-corrected chi connectivity index (χ3v) is 5.57. The van der Waals surface area contributed by atoms with Crippen LogP contribution in [0.25, 0.3) is 0 Å². The van der Waals surface area contributed by atoms with E-state index in [0.717, 1.165) is 44.9 Å². The highest BCUT2D eigenvalue weighted by Crippen LogP contribution is 2.14. The number of unbranched alkanes of at least 4 members (excludes halogenated alkanes) is 1. The molecule has 0 bridgehead atoms. The van der Waals surface area contributed by atoms with Gasteiger partial charge in [0.2, 0.25) is 0 Å². The lowest BCUT2D eigenvalue weighted by Crippen LogP contribution is -2.33. The normalized spacial score (nSPS) is 14.2. The highest BCUT2D eigenvalue weighted by atomic mass is 16.5. The SMILES string of the molecule is CC(C)=CCC/C(C)=C\CC/C(C)=C\CC/C=C(\C)CC/C=C(\C)CCC[N+](C)(C)[O-]. The van der Waals surface area contributed by atoms with Gasteiger partial charge in [0.05, 0.1) is 20.6 Å². The molecule has 0 aliphatic heterocycles. The zero-order valence-corrected chi connectivity index (χ0v) is 22.0. The van der Waals surface area contributed by atoms with E-state index in [1.165, 1.54) is 47.1 Å². The molecule has 0 aromatic carbocycles. The van der Waals surface area contributed by atoms with Gasteiger partial charge in [-0.1, -0.05) is 58.2 Å². The van der Waals surface area contributed by atoms with E-state index in [0.29, 0.717) is 6.54 Å². The van der Waals surface area contributed by atoms with Crippen molar-refractivity contribution in [1.29, 1.82) is 0 Å². The zero-order valence-electron chi connectivity index (χ0n) is 22.0. The fourth-order valence-electron chi connectivity index (χ4n) is 3.49. The number of allylic oxidation sites excluding steroid dienone is 10. The first kappa shape index (κ1) is 29.6. The molecule has 0 saturated heterocycles. The maximum atomic E-state index is 11.6. The van der Waals surface area contributed by atoms with Gasteiger partial charge in [0.25, 0.3) is 0 Å². The van der Waals surface area contributed by atoms with Gasteiger partial charge in [0, 0.05) is 6.42 Å². The molecule has 0 heterocycles. The molecule has 178 valence electrons. The fourth-order valence-corrected chi connectivity index (χ4v) is 3.49. The van der Waals surface area contributed by atoms with Gasteiger partial charge in [0.15, 0.2) is 0 Å². The van der Waals surface area contributed by atoms with Gasteiger partial charge >= 0.3 is 0 Å². The summed E-state index contributed by atoms with van der Waals surface area (Å²) >= 11 is 0. The van der Waals surface area contributed by atoms with Crippen molar-refractivity contribution in [2.75, 3.05) is 20.6 Å². The minimum atomic E-state index is -0.185. The van der Waals surface area contributed by atoms with Crippen LogP contribution in [0.4, 0.5) is 0 Å². The standard InChI is InChI=1S/C29H51NO/c1-25(2)15-11-18-28(5)21-12-19-26(3)16-9-10-17-27(4)20-13-22-29(6)23-14-24-30(7,8)31/h15-17,21-22H,9-14,18-20,23-24H2,1-8H3/b26-16-,27-17+,28-21-,29-22+. The van der Waals surface area contributed by atoms with Crippen molar-refractivity contribution in [2.45, 2.75) is 106 Å². The van der Waals surface area contributed by atoms with Gasteiger partial charge in [-0.05, 0) is 99.3 Å². The molecule has 0 amide bonds. The molecule has 31 heavy (non-hydrogen) atoms. The maximum absolute atomic E-state index is 11.6. The van der Waals surface area contributed by atoms with E-state index in [9.17, 15) is 5.21 Å². The zero-order chi connectivity index (χ0) is 23.7. The van der Waals surface area contributed by atoms with Crippen molar-refractivity contribution < 1.29 is 4.65 Å². The molecule has 0 unspecified atom stereocenters. The first-order valence-electron chi connectivity index (χ1n) is 12.3. The van der Waals surface area contributed by atoms with E-state index in [-0.39, 0.29) is 4.65 Å². The Balaban J connectivity index is 4.04. The van der Waals surface area contributed by atoms with Crippen LogP contribution in [0, 0.1) is 5.21 Å². The molecule has 0 fully saturated rings. The van der Waals surface area contributed by atoms with Gasteiger partial charge in [-0.2, -0.15) is 0 Å². The van der Waals surface area contributed by atoms with Gasteiger partial charge in [-0.25, -0.2) is 0 Å². The fraction of sp³-hybridized carbons (Fsp3) is 0.655. The highest BCUT2D eigenvalue weighted by molar-refractivity contribution is 5.07. The summed E-state index contributed by atoms with van der Waals surface area (Å²) in [6.07, 6.45) is 23.1. The third kappa shape index (κ3) is 21.6. The first-order chi connectivity index (χ1) is 14.5. The van der Waals surface area contributed by atoms with E-state index in [1.54, 1.807) is 14.1 Å². The molecule has 2 heteroatoms. The number of nitrogens with zero attached hydrogens (tertiary/aromatic N) is 1. The molecule has 0 rings (SSSR count). The van der Waals surface area contributed by atoms with Crippen molar-refractivity contribution in [2.24, 2.45) is 0 Å². The largest absolute Gasteiger partial charge is 0.633 e. The van der Waals surface area contributed by atoms with E-state index >= 15 is 0 Å². The Morgan fingerprint density at radius 2 is 0.903 bits per heavy atom. The third-order valence-electron chi connectivity index (χ3n) is 5.57. The minimum Gasteiger partial charge on any atom is -0.633 e. The molecular formula is C29H51NO. The van der Waals surface area contributed by atoms with Crippen LogP contribution in [-0.2, 0) is 0 Å². The van der Waals surface area contributed by atoms with Crippen molar-refractivity contribution in [1.82, 2.24) is 0 Å². The number of hydrogen-bond donors (Lipinski definition) is 0. The number of rotatable bonds is 16. The summed E-state index contributed by atoms with van der Waals surface area (Å²) in [6.45, 7) is 14.0. The van der Waals surface area contributed by atoms with Crippen LogP contribution in [0.3, 0.4) is 0 Å². The predicted molar refractivity (Wildman–Crippen MR) is 141 cm³/mol. The summed E-state index contributed by atoms with van der Waals surface area (Å²) in [5.74, 6) is 0. The summed E-state index contributed by atoms with van der Waals surface area (Å²) in [7, 11) is 3.44. The molecule has 0 aliphatic carbocycles. The number of hydroxylamine groups is 3. The summed E-state index contributed by atoms with van der Waals surface area (Å²) in [5.41, 5.74) is 7.35. The van der Waals surface area contributed by atoms with Gasteiger partial charge < -0.3 is 9.85 Å². The molecular weight excluding hydrogens is 378 g/mol. The monoisotopic (exact) mass is 429 g/mol. The molecule has 0 N–H and O–H groups in total. The molecule has 0 spiro atoms. The molecule has 0 aromatic rings. The van der Waals surface area contributed by atoms with Crippen molar-refractivity contribution in [3.8, 4) is 0 Å². The average molecular weight is 430 g/mol. The van der Waals surface area contributed by atoms with Crippen LogP contribution in [0.5, 0.6) is 0 Å². The quantitative estimate of drug-likeness (QED) is 0.104. The summed E-state index contributed by atoms with van der Waals surface area (Å²) in [5, 5.41) is 11.6. The summed E-state index contributed by atoms with van der Waals surface area (Å²) < 4.78 is -0.185. The topological polar surface area (TPSA) is 23.1 Å². The Morgan fingerprint density at radius 3 is 1.29 bits per heavy atom. The second-order valence-corrected chi connectivity index (χ2v) is 10.1. The molecule has 0 radical (unpaired) electrons. The first-order valence-corrected chi connectivity index (χ1v) is 12.3. The van der Waals surface area contributed by atoms with Crippen LogP contribution in [0.2, 0.25) is 0 Å². The summed E-state index contributed by atoms with van der Waals surface area (Å²) in [4.78, 5) is 0. The maximum Gasteiger partial charge on any atom is 0.0782 e. The van der Waals surface area contributed by atoms with Gasteiger partial charge in [-0.3, -0.25) is 0 Å². The van der Waals surface area contributed by atoms with E-state index in [1.807, 2.05) is 0 Å². The summed E-state index contributed by atoms with van der Waals surface area (Å²) in [6, 6.07) is 0. The second kappa shape index (κ2) is 17.2. The Kier molecular flexibility index (Phi) is 16.4. The number of hydrogen-bond acceptors (Lipinski definition) is 1. The smallest absolute Gasteiger partial charge is 0.0782 e. The molecule has 0 atom stereocenters. The second-order valence-electron chi connectivity index (χ2n) is 10.1. The Bertz CT molecular complexity index is 634. The van der Waals surface area contributed by atoms with Crippen LogP contribution >= 0.6 is 0 Å². The van der Waals surface area contributed by atoms with E-state index < -0.39 is 0 Å². The predicted octanol–water partition coefficient (Wildman–Crippen LogP) is 9.21. The van der Waals surface area contributed by atoms with Crippen molar-refractivity contribution >= 4 is 0 Å². The van der Waals surface area contributed by atoms with E-state index in [2.05, 4.69) is 71.9 Å². The van der Waals surface area contributed by atoms with Crippen LogP contribution in [0.15, 0.2) is 58.2 Å². The Morgan fingerprint density at radius 1 is 0.548 bits per heavy atom. The van der Waals surface area contributed by atoms with Crippen LogP contribution in [-0.4, -0.2) is 25.3 Å². The Hall–Kier alpha value is -1.38. The van der Waals surface area contributed by atoms with Crippen LogP contribution < -0.4 is 0 Å². The molecule has 0 aliphatic rings. The lowest BCUT2D eigenvalue weighted by Gasteiger charge is -2.33. The Labute approximate surface area is 194 Å². The van der Waals surface area contributed by atoms with Crippen molar-refractivity contribution in [3.05, 3.63) is 63.5 Å². The van der Waals surface area contributed by atoms with Gasteiger partial charge in [-0.15, -0.1) is 0 Å². The lowest BCUT2D eigenvalue weighted by molar-refractivity contribution is -0.840.